The van der Waals surface area contributed by atoms with Gasteiger partial charge >= 0.3 is 0 Å². The van der Waals surface area contributed by atoms with Crippen LogP contribution in [0.1, 0.15) is 28.9 Å². The molecule has 2 aromatic rings. The summed E-state index contributed by atoms with van der Waals surface area (Å²) in [5.41, 5.74) is 2.12. The number of nitrogens with one attached hydrogen (secondary N) is 2. The van der Waals surface area contributed by atoms with Gasteiger partial charge in [-0.25, -0.2) is 0 Å². The van der Waals surface area contributed by atoms with Crippen LogP contribution in [0.3, 0.4) is 0 Å². The smallest absolute Gasteiger partial charge is 0.262 e. The number of benzene rings is 1. The van der Waals surface area contributed by atoms with Crippen LogP contribution in [0, 0.1) is 0 Å². The molecule has 1 aliphatic rings. The van der Waals surface area contributed by atoms with E-state index in [1.807, 2.05) is 41.8 Å². The average Bonchev–Trinajstić information content (AvgIpc) is 2.96. The van der Waals surface area contributed by atoms with Crippen LogP contribution >= 0.6 is 11.3 Å². The molecule has 0 saturated carbocycles. The quantitative estimate of drug-likeness (QED) is 0.915. The average molecular weight is 314 g/mol. The minimum absolute atomic E-state index is 0.0781. The predicted octanol–water partition coefficient (Wildman–Crippen LogP) is 2.81. The van der Waals surface area contributed by atoms with Gasteiger partial charge in [-0.2, -0.15) is 0 Å². The Morgan fingerprint density at radius 1 is 1.18 bits per heavy atom. The van der Waals surface area contributed by atoms with E-state index in [4.69, 9.17) is 0 Å². The Kier molecular flexibility index (Phi) is 4.53. The first kappa shape index (κ1) is 14.8. The van der Waals surface area contributed by atoms with E-state index in [9.17, 15) is 9.59 Å². The molecule has 1 fully saturated rings. The summed E-state index contributed by atoms with van der Waals surface area (Å²) in [4.78, 5) is 24.9. The fourth-order valence-electron chi connectivity index (χ4n) is 2.54. The number of carbonyl (C=O) groups excluding carboxylic acids is 2. The molecule has 0 radical (unpaired) electrons. The van der Waals surface area contributed by atoms with E-state index in [1.54, 1.807) is 0 Å². The molecule has 0 unspecified atom stereocenters. The maximum Gasteiger partial charge on any atom is 0.262 e. The molecule has 2 amide bonds. The summed E-state index contributed by atoms with van der Waals surface area (Å²) in [7, 11) is 0. The zero-order valence-electron chi connectivity index (χ0n) is 12.2. The molecule has 114 valence electrons. The van der Waals surface area contributed by atoms with Gasteiger partial charge < -0.3 is 10.6 Å². The Bertz CT molecular complexity index is 666. The minimum atomic E-state index is -0.419. The number of carbonyl (C=O) groups is 2. The van der Waals surface area contributed by atoms with Crippen molar-refractivity contribution in [3.63, 3.8) is 0 Å². The van der Waals surface area contributed by atoms with Gasteiger partial charge in [0, 0.05) is 6.54 Å². The number of thiophene rings is 1. The van der Waals surface area contributed by atoms with Gasteiger partial charge in [0.2, 0.25) is 5.91 Å². The van der Waals surface area contributed by atoms with E-state index in [0.717, 1.165) is 24.0 Å². The molecule has 2 N–H and O–H groups in total. The Balaban J connectivity index is 1.70. The van der Waals surface area contributed by atoms with Crippen LogP contribution in [0.4, 0.5) is 0 Å². The van der Waals surface area contributed by atoms with E-state index in [2.05, 4.69) is 10.6 Å². The third kappa shape index (κ3) is 3.36. The number of rotatable bonds is 3. The van der Waals surface area contributed by atoms with Gasteiger partial charge in [-0.05, 0) is 41.8 Å². The van der Waals surface area contributed by atoms with Gasteiger partial charge in [0.15, 0.2) is 0 Å². The fourth-order valence-corrected chi connectivity index (χ4v) is 3.36. The first-order valence-electron chi connectivity index (χ1n) is 7.46. The van der Waals surface area contributed by atoms with Crippen LogP contribution in [0.15, 0.2) is 41.8 Å². The Labute approximate surface area is 133 Å². The summed E-state index contributed by atoms with van der Waals surface area (Å²) < 4.78 is 0. The lowest BCUT2D eigenvalue weighted by Gasteiger charge is -2.14. The molecule has 0 spiro atoms. The normalized spacial score (nSPS) is 18.4. The van der Waals surface area contributed by atoms with Gasteiger partial charge in [-0.15, -0.1) is 11.3 Å². The molecule has 1 aliphatic heterocycles. The lowest BCUT2D eigenvalue weighted by Crippen LogP contribution is -2.45. The Hall–Kier alpha value is -2.14. The van der Waals surface area contributed by atoms with Crippen LogP contribution in [0.2, 0.25) is 0 Å². The lowest BCUT2D eigenvalue weighted by molar-refractivity contribution is -0.122. The molecule has 3 rings (SSSR count). The summed E-state index contributed by atoms with van der Waals surface area (Å²) in [5, 5.41) is 7.65. The highest BCUT2D eigenvalue weighted by Gasteiger charge is 2.23. The monoisotopic (exact) mass is 314 g/mol. The Morgan fingerprint density at radius 2 is 2.00 bits per heavy atom. The second kappa shape index (κ2) is 6.75. The second-order valence-corrected chi connectivity index (χ2v) is 6.29. The third-order valence-corrected chi connectivity index (χ3v) is 4.70. The Morgan fingerprint density at radius 3 is 2.82 bits per heavy atom. The number of amides is 2. The first-order chi connectivity index (χ1) is 10.7. The van der Waals surface area contributed by atoms with E-state index >= 15 is 0 Å². The van der Waals surface area contributed by atoms with Crippen molar-refractivity contribution in [3.05, 3.63) is 46.7 Å². The van der Waals surface area contributed by atoms with Gasteiger partial charge in [0.1, 0.15) is 6.04 Å². The molecule has 2 heterocycles. The maximum atomic E-state index is 12.3. The van der Waals surface area contributed by atoms with Crippen molar-refractivity contribution < 1.29 is 9.59 Å². The minimum Gasteiger partial charge on any atom is -0.354 e. The van der Waals surface area contributed by atoms with Gasteiger partial charge in [0.25, 0.3) is 5.91 Å². The first-order valence-corrected chi connectivity index (χ1v) is 8.34. The van der Waals surface area contributed by atoms with Crippen LogP contribution in [0.25, 0.3) is 11.1 Å². The van der Waals surface area contributed by atoms with Crippen molar-refractivity contribution in [3.8, 4) is 11.1 Å². The SMILES string of the molecule is O=C(N[C@H]1CCCCNC1=O)c1cc(-c2ccccc2)cs1. The molecule has 1 atom stereocenters. The fraction of sp³-hybridized carbons (Fsp3) is 0.294. The van der Waals surface area contributed by atoms with E-state index < -0.39 is 6.04 Å². The molecule has 5 heteroatoms. The van der Waals surface area contributed by atoms with Crippen molar-refractivity contribution in [2.45, 2.75) is 25.3 Å². The molecule has 0 bridgehead atoms. The molecule has 0 aliphatic carbocycles. The van der Waals surface area contributed by atoms with Crippen molar-refractivity contribution in [1.82, 2.24) is 10.6 Å². The molecular weight excluding hydrogens is 296 g/mol. The molecule has 22 heavy (non-hydrogen) atoms. The highest BCUT2D eigenvalue weighted by molar-refractivity contribution is 7.12. The van der Waals surface area contributed by atoms with E-state index in [0.29, 0.717) is 17.8 Å². The molecule has 1 aromatic heterocycles. The number of hydrogen-bond donors (Lipinski definition) is 2. The maximum absolute atomic E-state index is 12.3. The van der Waals surface area contributed by atoms with Crippen LogP contribution in [0.5, 0.6) is 0 Å². The lowest BCUT2D eigenvalue weighted by atomic mass is 10.1. The van der Waals surface area contributed by atoms with Gasteiger partial charge in [-0.3, -0.25) is 9.59 Å². The molecule has 1 aromatic carbocycles. The summed E-state index contributed by atoms with van der Waals surface area (Å²) in [5.74, 6) is -0.250. The van der Waals surface area contributed by atoms with Gasteiger partial charge in [-0.1, -0.05) is 30.3 Å². The highest BCUT2D eigenvalue weighted by atomic mass is 32.1. The standard InChI is InChI=1S/C17H18N2O2S/c20-16-14(8-4-5-9-18-16)19-17(21)15-10-13(11-22-15)12-6-2-1-3-7-12/h1-3,6-7,10-11,14H,4-5,8-9H2,(H,18,20)(H,19,21)/t14-/m0/s1. The van der Waals surface area contributed by atoms with Crippen LogP contribution in [-0.4, -0.2) is 24.4 Å². The summed E-state index contributed by atoms with van der Waals surface area (Å²) in [6.45, 7) is 0.697. The van der Waals surface area contributed by atoms with Crippen molar-refractivity contribution in [2.75, 3.05) is 6.54 Å². The zero-order valence-corrected chi connectivity index (χ0v) is 13.0. The van der Waals surface area contributed by atoms with Crippen LogP contribution < -0.4 is 10.6 Å². The third-order valence-electron chi connectivity index (χ3n) is 3.77. The molecule has 4 nitrogen and oxygen atoms in total. The summed E-state index contributed by atoms with van der Waals surface area (Å²) >= 11 is 1.40. The second-order valence-electron chi connectivity index (χ2n) is 5.38. The van der Waals surface area contributed by atoms with Crippen molar-refractivity contribution in [2.24, 2.45) is 0 Å². The summed E-state index contributed by atoms with van der Waals surface area (Å²) in [6, 6.07) is 11.4. The molecule has 1 saturated heterocycles. The largest absolute Gasteiger partial charge is 0.354 e. The highest BCUT2D eigenvalue weighted by Crippen LogP contribution is 2.25. The predicted molar refractivity (Wildman–Crippen MR) is 87.9 cm³/mol. The number of hydrogen-bond acceptors (Lipinski definition) is 3. The molecular formula is C17H18N2O2S. The van der Waals surface area contributed by atoms with E-state index in [-0.39, 0.29) is 11.8 Å². The van der Waals surface area contributed by atoms with Crippen LogP contribution in [-0.2, 0) is 4.79 Å². The van der Waals surface area contributed by atoms with E-state index in [1.165, 1.54) is 11.3 Å². The van der Waals surface area contributed by atoms with Gasteiger partial charge in [0.05, 0.1) is 4.88 Å². The topological polar surface area (TPSA) is 58.2 Å². The van der Waals surface area contributed by atoms with Crippen molar-refractivity contribution in [1.29, 1.82) is 0 Å². The van der Waals surface area contributed by atoms with Crippen molar-refractivity contribution >= 4 is 23.2 Å². The zero-order chi connectivity index (χ0) is 15.4. The summed E-state index contributed by atoms with van der Waals surface area (Å²) in [6.07, 6.45) is 2.62.